The van der Waals surface area contributed by atoms with Gasteiger partial charge < -0.3 is 20.5 Å². The number of anilines is 2. The molecule has 13 heteroatoms. The van der Waals surface area contributed by atoms with Crippen LogP contribution in [0.4, 0.5) is 28.4 Å². The summed E-state index contributed by atoms with van der Waals surface area (Å²) in [5, 5.41) is 51.9. The normalized spacial score (nSPS) is 10.2. The van der Waals surface area contributed by atoms with Gasteiger partial charge in [-0.1, -0.05) is 0 Å². The van der Waals surface area contributed by atoms with Crippen LogP contribution in [-0.2, 0) is 9.59 Å². The largest absolute Gasteiger partial charge is 0.495 e. The minimum atomic E-state index is -1.00. The molecular weight excluding hydrogens is 434 g/mol. The summed E-state index contributed by atoms with van der Waals surface area (Å²) in [7, 11) is 1.37. The number of amides is 1. The van der Waals surface area contributed by atoms with Crippen LogP contribution in [-0.4, -0.2) is 35.6 Å². The van der Waals surface area contributed by atoms with Crippen molar-refractivity contribution < 1.29 is 24.4 Å². The van der Waals surface area contributed by atoms with Gasteiger partial charge >= 0.3 is 5.97 Å². The van der Waals surface area contributed by atoms with Crippen LogP contribution in [0, 0.1) is 32.8 Å². The highest BCUT2D eigenvalue weighted by Gasteiger charge is 2.18. The fourth-order valence-electron chi connectivity index (χ4n) is 2.66. The van der Waals surface area contributed by atoms with E-state index in [1.807, 2.05) is 0 Å². The zero-order chi connectivity index (χ0) is 24.5. The van der Waals surface area contributed by atoms with E-state index in [1.54, 1.807) is 12.1 Å². The molecule has 33 heavy (non-hydrogen) atoms. The van der Waals surface area contributed by atoms with E-state index in [-0.39, 0.29) is 46.9 Å². The van der Waals surface area contributed by atoms with E-state index in [1.165, 1.54) is 26.2 Å². The Morgan fingerprint density at radius 2 is 1.79 bits per heavy atom. The van der Waals surface area contributed by atoms with Gasteiger partial charge in [0.15, 0.2) is 0 Å². The number of hydrogen-bond donors (Lipinski definition) is 3. The number of carbonyl (C=O) groups excluding carboxylic acids is 1. The molecule has 1 amide bonds. The van der Waals surface area contributed by atoms with Crippen molar-refractivity contribution in [3.63, 3.8) is 0 Å². The number of azo groups is 1. The summed E-state index contributed by atoms with van der Waals surface area (Å²) in [5.74, 6) is -1.18. The van der Waals surface area contributed by atoms with Crippen molar-refractivity contribution in [2.24, 2.45) is 10.2 Å². The van der Waals surface area contributed by atoms with Crippen molar-refractivity contribution in [2.75, 3.05) is 24.3 Å². The molecule has 13 nitrogen and oxygen atoms in total. The Morgan fingerprint density at radius 1 is 1.15 bits per heavy atom. The first-order valence-corrected chi connectivity index (χ1v) is 9.19. The van der Waals surface area contributed by atoms with Gasteiger partial charge in [0, 0.05) is 31.7 Å². The molecule has 2 aromatic rings. The lowest BCUT2D eigenvalue weighted by molar-refractivity contribution is -0.384. The van der Waals surface area contributed by atoms with E-state index in [0.717, 1.165) is 12.1 Å². The second-order valence-electron chi connectivity index (χ2n) is 6.39. The van der Waals surface area contributed by atoms with E-state index in [4.69, 9.17) is 9.84 Å². The summed E-state index contributed by atoms with van der Waals surface area (Å²) in [6.45, 7) is 1.35. The topological polar surface area (TPSA) is 203 Å². The molecule has 0 spiro atoms. The Morgan fingerprint density at radius 3 is 2.27 bits per heavy atom. The molecule has 2 aromatic carbocycles. The van der Waals surface area contributed by atoms with Gasteiger partial charge in [-0.15, -0.1) is 10.2 Å². The third kappa shape index (κ3) is 6.22. The zero-order valence-electron chi connectivity index (χ0n) is 17.4. The lowest BCUT2D eigenvalue weighted by atomic mass is 10.1. The molecule has 0 heterocycles. The average Bonchev–Trinajstić information content (AvgIpc) is 2.77. The summed E-state index contributed by atoms with van der Waals surface area (Å²) in [6.07, 6.45) is -0.159. The van der Waals surface area contributed by atoms with E-state index >= 15 is 0 Å². The Kier molecular flexibility index (Phi) is 7.95. The fourth-order valence-corrected chi connectivity index (χ4v) is 2.66. The van der Waals surface area contributed by atoms with Crippen molar-refractivity contribution in [3.05, 3.63) is 45.5 Å². The van der Waals surface area contributed by atoms with E-state index in [9.17, 15) is 30.2 Å². The van der Waals surface area contributed by atoms with E-state index in [0.29, 0.717) is 5.69 Å². The van der Waals surface area contributed by atoms with Gasteiger partial charge in [-0.05, 0) is 6.07 Å². The first-order chi connectivity index (χ1) is 15.7. The van der Waals surface area contributed by atoms with Crippen LogP contribution in [0.25, 0.3) is 0 Å². The van der Waals surface area contributed by atoms with Gasteiger partial charge in [-0.25, -0.2) is 0 Å². The Balaban J connectivity index is 2.57. The molecule has 0 saturated heterocycles. The number of nitrogens with one attached hydrogen (secondary N) is 2. The maximum Gasteiger partial charge on any atom is 0.305 e. The summed E-state index contributed by atoms with van der Waals surface area (Å²) >= 11 is 0. The quantitative estimate of drug-likeness (QED) is 0.289. The molecule has 3 N–H and O–H groups in total. The predicted molar refractivity (Wildman–Crippen MR) is 115 cm³/mol. The minimum absolute atomic E-state index is 0.0892. The van der Waals surface area contributed by atoms with Crippen LogP contribution < -0.4 is 15.4 Å². The molecule has 168 valence electrons. The Hall–Kier alpha value is -5.04. The molecule has 0 fully saturated rings. The van der Waals surface area contributed by atoms with Crippen LogP contribution >= 0.6 is 0 Å². The molecule has 0 radical (unpaired) electrons. The number of aliphatic carboxylic acids is 1. The summed E-state index contributed by atoms with van der Waals surface area (Å²) in [6, 6.07) is 8.31. The molecule has 0 aliphatic carbocycles. The van der Waals surface area contributed by atoms with Gasteiger partial charge in [0.25, 0.3) is 5.69 Å². The van der Waals surface area contributed by atoms with Crippen LogP contribution in [0.15, 0.2) is 34.5 Å². The number of methoxy groups -OCH3 is 1. The molecule has 0 aliphatic rings. The fraction of sp³-hybridized carbons (Fsp3) is 0.200. The molecule has 0 bridgehead atoms. The van der Waals surface area contributed by atoms with Gasteiger partial charge in [-0.2, -0.15) is 10.5 Å². The highest BCUT2D eigenvalue weighted by atomic mass is 16.6. The molecule has 2 rings (SSSR count). The van der Waals surface area contributed by atoms with Gasteiger partial charge in [0.1, 0.15) is 29.3 Å². The molecule has 0 aromatic heterocycles. The number of benzene rings is 2. The van der Waals surface area contributed by atoms with Gasteiger partial charge in [0.2, 0.25) is 5.91 Å². The summed E-state index contributed by atoms with van der Waals surface area (Å²) in [4.78, 5) is 32.7. The molecule has 0 atom stereocenters. The smallest absolute Gasteiger partial charge is 0.305 e. The maximum atomic E-state index is 11.6. The van der Waals surface area contributed by atoms with Crippen molar-refractivity contribution in [1.82, 2.24) is 0 Å². The predicted octanol–water partition coefficient (Wildman–Crippen LogP) is 3.61. The van der Waals surface area contributed by atoms with Crippen LogP contribution in [0.2, 0.25) is 0 Å². The number of nitrogens with zero attached hydrogens (tertiary/aromatic N) is 5. The third-order valence-electron chi connectivity index (χ3n) is 4.09. The highest BCUT2D eigenvalue weighted by molar-refractivity contribution is 5.93. The lowest BCUT2D eigenvalue weighted by Crippen LogP contribution is -2.10. The SMILES string of the molecule is COc1cc(N=Nc2c(C#N)cc([N+](=O)[O-])cc2C#N)c(NC(C)=O)cc1NCCC(=O)O. The number of ether oxygens (including phenoxy) is 1. The van der Waals surface area contributed by atoms with Crippen LogP contribution in [0.1, 0.15) is 24.5 Å². The standard InChI is InChI=1S/C20H17N7O6/c1-11(28)24-15-7-17(23-4-3-19(29)30)18(33-2)8-16(15)25-26-20-12(9-21)5-14(27(31)32)6-13(20)10-22/h5-8,23H,3-4H2,1-2H3,(H,24,28)(H,29,30). The van der Waals surface area contributed by atoms with Crippen molar-refractivity contribution in [3.8, 4) is 17.9 Å². The number of nitro benzene ring substituents is 1. The number of nitriles is 2. The second kappa shape index (κ2) is 10.8. The first-order valence-electron chi connectivity index (χ1n) is 9.19. The lowest BCUT2D eigenvalue weighted by Gasteiger charge is -2.14. The number of carboxylic acids is 1. The van der Waals surface area contributed by atoms with E-state index < -0.39 is 22.5 Å². The van der Waals surface area contributed by atoms with Crippen molar-refractivity contribution in [2.45, 2.75) is 13.3 Å². The van der Waals surface area contributed by atoms with Crippen molar-refractivity contribution in [1.29, 1.82) is 10.5 Å². The average molecular weight is 451 g/mol. The zero-order valence-corrected chi connectivity index (χ0v) is 17.4. The monoisotopic (exact) mass is 451 g/mol. The molecule has 0 aliphatic heterocycles. The Bertz CT molecular complexity index is 1190. The number of nitro groups is 1. The highest BCUT2D eigenvalue weighted by Crippen LogP contribution is 2.38. The summed E-state index contributed by atoms with van der Waals surface area (Å²) in [5.41, 5.74) is -0.427. The van der Waals surface area contributed by atoms with Crippen LogP contribution in [0.5, 0.6) is 5.75 Å². The second-order valence-corrected chi connectivity index (χ2v) is 6.39. The number of hydrogen-bond acceptors (Lipinski definition) is 10. The number of non-ortho nitro benzene ring substituents is 1. The van der Waals surface area contributed by atoms with Crippen molar-refractivity contribution >= 4 is 40.3 Å². The third-order valence-corrected chi connectivity index (χ3v) is 4.09. The Labute approximate surface area is 187 Å². The molecular formula is C20H17N7O6. The maximum absolute atomic E-state index is 11.6. The van der Waals surface area contributed by atoms with Crippen LogP contribution in [0.3, 0.4) is 0 Å². The van der Waals surface area contributed by atoms with Gasteiger partial charge in [0.05, 0.1) is 41.0 Å². The summed E-state index contributed by atoms with van der Waals surface area (Å²) < 4.78 is 5.28. The first kappa shape index (κ1) is 24.2. The molecule has 0 unspecified atom stereocenters. The number of rotatable bonds is 9. The minimum Gasteiger partial charge on any atom is -0.495 e. The van der Waals surface area contributed by atoms with E-state index in [2.05, 4.69) is 20.9 Å². The molecule has 0 saturated carbocycles. The number of carbonyl (C=O) groups is 2. The number of carboxylic acid groups (broad SMARTS) is 1. The van der Waals surface area contributed by atoms with Gasteiger partial charge in [-0.3, -0.25) is 19.7 Å².